The van der Waals surface area contributed by atoms with E-state index in [9.17, 15) is 0 Å². The quantitative estimate of drug-likeness (QED) is 0.936. The van der Waals surface area contributed by atoms with Crippen molar-refractivity contribution in [3.05, 3.63) is 44.9 Å². The van der Waals surface area contributed by atoms with Gasteiger partial charge in [-0.3, -0.25) is 0 Å². The third kappa shape index (κ3) is 3.02. The van der Waals surface area contributed by atoms with Crippen molar-refractivity contribution in [1.29, 1.82) is 0 Å². The number of benzene rings is 1. The fourth-order valence-corrected chi connectivity index (χ4v) is 2.70. The first kappa shape index (κ1) is 13.3. The number of aromatic nitrogens is 1. The van der Waals surface area contributed by atoms with Crippen LogP contribution >= 0.6 is 22.9 Å². The zero-order valence-corrected chi connectivity index (χ0v) is 12.1. The molecule has 18 heavy (non-hydrogen) atoms. The van der Waals surface area contributed by atoms with Crippen molar-refractivity contribution in [3.63, 3.8) is 0 Å². The second kappa shape index (κ2) is 5.69. The van der Waals surface area contributed by atoms with Crippen molar-refractivity contribution >= 4 is 28.6 Å². The minimum absolute atomic E-state index is 0.482. The minimum atomic E-state index is 0.482. The first-order valence-electron chi connectivity index (χ1n) is 5.71. The van der Waals surface area contributed by atoms with E-state index in [1.54, 1.807) is 11.3 Å². The predicted octanol–water partition coefficient (Wildman–Crippen LogP) is 3.20. The number of rotatable bonds is 4. The fraction of sp³-hybridized carbons (Fsp3) is 0.308. The zero-order chi connectivity index (χ0) is 13.1. The molecule has 0 saturated carbocycles. The first-order valence-corrected chi connectivity index (χ1v) is 6.96. The van der Waals surface area contributed by atoms with Gasteiger partial charge in [0.25, 0.3) is 0 Å². The summed E-state index contributed by atoms with van der Waals surface area (Å²) < 4.78 is 0. The third-order valence-electron chi connectivity index (χ3n) is 2.74. The van der Waals surface area contributed by atoms with Gasteiger partial charge in [-0.15, -0.1) is 11.3 Å². The van der Waals surface area contributed by atoms with Gasteiger partial charge in [-0.05, 0) is 30.7 Å². The van der Waals surface area contributed by atoms with Gasteiger partial charge >= 0.3 is 0 Å². The molecule has 0 aliphatic carbocycles. The molecule has 1 aromatic carbocycles. The second-order valence-electron chi connectivity index (χ2n) is 4.19. The van der Waals surface area contributed by atoms with Crippen LogP contribution < -0.4 is 10.6 Å². The number of nitrogens with two attached hydrogens (primary N) is 1. The van der Waals surface area contributed by atoms with Crippen molar-refractivity contribution in [3.8, 4) is 0 Å². The van der Waals surface area contributed by atoms with Gasteiger partial charge in [0.15, 0.2) is 0 Å². The SMILES string of the molecule is Cc1nc(CN(C)c2ccc(Cl)cc2CN)cs1. The van der Waals surface area contributed by atoms with Crippen LogP contribution in [0.4, 0.5) is 5.69 Å². The Hall–Kier alpha value is -1.10. The summed E-state index contributed by atoms with van der Waals surface area (Å²) in [7, 11) is 2.04. The molecule has 0 aliphatic rings. The third-order valence-corrected chi connectivity index (χ3v) is 3.80. The number of aryl methyl sites for hydroxylation is 1. The first-order chi connectivity index (χ1) is 8.60. The number of hydrogen-bond donors (Lipinski definition) is 1. The largest absolute Gasteiger partial charge is 0.368 e. The van der Waals surface area contributed by atoms with E-state index >= 15 is 0 Å². The smallest absolute Gasteiger partial charge is 0.0898 e. The lowest BCUT2D eigenvalue weighted by molar-refractivity contribution is 0.877. The van der Waals surface area contributed by atoms with Crippen LogP contribution in [0.5, 0.6) is 0 Å². The van der Waals surface area contributed by atoms with Crippen LogP contribution in [0.1, 0.15) is 16.3 Å². The number of halogens is 1. The summed E-state index contributed by atoms with van der Waals surface area (Å²) in [5, 5.41) is 3.90. The summed E-state index contributed by atoms with van der Waals surface area (Å²) >= 11 is 7.65. The molecular weight excluding hydrogens is 266 g/mol. The molecule has 0 bridgehead atoms. The van der Waals surface area contributed by atoms with Gasteiger partial charge in [0, 0.05) is 29.7 Å². The molecule has 0 amide bonds. The molecule has 0 fully saturated rings. The molecule has 3 nitrogen and oxygen atoms in total. The Kier molecular flexibility index (Phi) is 4.22. The summed E-state index contributed by atoms with van der Waals surface area (Å²) in [6.45, 7) is 3.27. The van der Waals surface area contributed by atoms with Gasteiger partial charge in [0.2, 0.25) is 0 Å². The standard InChI is InChI=1S/C13H16ClN3S/c1-9-16-12(8-18-9)7-17(2)13-4-3-11(14)5-10(13)6-15/h3-5,8H,6-7,15H2,1-2H3. The summed E-state index contributed by atoms with van der Waals surface area (Å²) in [6, 6.07) is 5.81. The molecule has 2 rings (SSSR count). The average Bonchev–Trinajstić information content (AvgIpc) is 2.74. The topological polar surface area (TPSA) is 42.2 Å². The molecule has 0 unspecified atom stereocenters. The van der Waals surface area contributed by atoms with Crippen LogP contribution in [0.25, 0.3) is 0 Å². The highest BCUT2D eigenvalue weighted by Gasteiger charge is 2.09. The lowest BCUT2D eigenvalue weighted by Gasteiger charge is -2.21. The maximum atomic E-state index is 5.98. The van der Waals surface area contributed by atoms with Gasteiger partial charge < -0.3 is 10.6 Å². The van der Waals surface area contributed by atoms with Gasteiger partial charge in [-0.25, -0.2) is 4.98 Å². The Morgan fingerprint density at radius 1 is 1.44 bits per heavy atom. The minimum Gasteiger partial charge on any atom is -0.368 e. The Bertz CT molecular complexity index is 539. The summed E-state index contributed by atoms with van der Waals surface area (Å²) in [4.78, 5) is 6.61. The summed E-state index contributed by atoms with van der Waals surface area (Å²) in [5.74, 6) is 0. The highest BCUT2D eigenvalue weighted by Crippen LogP contribution is 2.24. The highest BCUT2D eigenvalue weighted by atomic mass is 35.5. The monoisotopic (exact) mass is 281 g/mol. The van der Waals surface area contributed by atoms with Gasteiger partial charge in [-0.2, -0.15) is 0 Å². The molecular formula is C13H16ClN3S. The lowest BCUT2D eigenvalue weighted by Crippen LogP contribution is -2.19. The Balaban J connectivity index is 2.20. The van der Waals surface area contributed by atoms with Crippen LogP contribution in [0.2, 0.25) is 5.02 Å². The maximum Gasteiger partial charge on any atom is 0.0898 e. The van der Waals surface area contributed by atoms with E-state index < -0.39 is 0 Å². The van der Waals surface area contributed by atoms with E-state index in [4.69, 9.17) is 17.3 Å². The second-order valence-corrected chi connectivity index (χ2v) is 5.69. The molecule has 5 heteroatoms. The molecule has 96 valence electrons. The van der Waals surface area contributed by atoms with Crippen molar-refractivity contribution in [2.75, 3.05) is 11.9 Å². The maximum absolute atomic E-state index is 5.98. The van der Waals surface area contributed by atoms with Crippen molar-refractivity contribution < 1.29 is 0 Å². The van der Waals surface area contributed by atoms with Crippen LogP contribution in [0, 0.1) is 6.92 Å². The lowest BCUT2D eigenvalue weighted by atomic mass is 10.1. The molecule has 0 aliphatic heterocycles. The van der Waals surface area contributed by atoms with E-state index in [1.165, 1.54) is 0 Å². The molecule has 0 radical (unpaired) electrons. The fourth-order valence-electron chi connectivity index (χ4n) is 1.90. The number of hydrogen-bond acceptors (Lipinski definition) is 4. The predicted molar refractivity (Wildman–Crippen MR) is 78.3 cm³/mol. The summed E-state index contributed by atoms with van der Waals surface area (Å²) in [6.07, 6.45) is 0. The van der Waals surface area contributed by atoms with E-state index in [2.05, 4.69) is 15.3 Å². The van der Waals surface area contributed by atoms with Crippen molar-refractivity contribution in [1.82, 2.24) is 4.98 Å². The Morgan fingerprint density at radius 2 is 2.22 bits per heavy atom. The molecule has 2 N–H and O–H groups in total. The van der Waals surface area contributed by atoms with Gasteiger partial charge in [0.1, 0.15) is 0 Å². The molecule has 1 heterocycles. The molecule has 0 atom stereocenters. The van der Waals surface area contributed by atoms with E-state index in [-0.39, 0.29) is 0 Å². The number of anilines is 1. The van der Waals surface area contributed by atoms with E-state index in [1.807, 2.05) is 32.2 Å². The van der Waals surface area contributed by atoms with Crippen LogP contribution in [0.15, 0.2) is 23.6 Å². The highest BCUT2D eigenvalue weighted by molar-refractivity contribution is 7.09. The molecule has 2 aromatic rings. The number of nitrogens with zero attached hydrogens (tertiary/aromatic N) is 2. The summed E-state index contributed by atoms with van der Waals surface area (Å²) in [5.41, 5.74) is 8.99. The molecule has 1 aromatic heterocycles. The molecule has 0 spiro atoms. The van der Waals surface area contributed by atoms with E-state index in [0.717, 1.165) is 33.5 Å². The molecule has 0 saturated heterocycles. The Morgan fingerprint density at radius 3 is 2.83 bits per heavy atom. The Labute approximate surface area is 116 Å². The van der Waals surface area contributed by atoms with Gasteiger partial charge in [-0.1, -0.05) is 11.6 Å². The van der Waals surface area contributed by atoms with Crippen LogP contribution in [-0.2, 0) is 13.1 Å². The van der Waals surface area contributed by atoms with Gasteiger partial charge in [0.05, 0.1) is 17.2 Å². The van der Waals surface area contributed by atoms with Crippen LogP contribution in [0.3, 0.4) is 0 Å². The van der Waals surface area contributed by atoms with E-state index in [0.29, 0.717) is 6.54 Å². The zero-order valence-electron chi connectivity index (χ0n) is 10.5. The average molecular weight is 282 g/mol. The number of thiazole rings is 1. The van der Waals surface area contributed by atoms with Crippen molar-refractivity contribution in [2.45, 2.75) is 20.0 Å². The van der Waals surface area contributed by atoms with Crippen LogP contribution in [-0.4, -0.2) is 12.0 Å². The normalized spacial score (nSPS) is 10.7. The van der Waals surface area contributed by atoms with Crippen molar-refractivity contribution in [2.24, 2.45) is 5.73 Å².